The molecule has 0 aromatic heterocycles. The minimum atomic E-state index is -3.45. The molecule has 0 atom stereocenters. The van der Waals surface area contributed by atoms with E-state index in [1.165, 1.54) is 6.08 Å². The van der Waals surface area contributed by atoms with Gasteiger partial charge in [0.15, 0.2) is 0 Å². The summed E-state index contributed by atoms with van der Waals surface area (Å²) < 4.78 is 20.3. The van der Waals surface area contributed by atoms with Gasteiger partial charge >= 0.3 is 0 Å². The van der Waals surface area contributed by atoms with Crippen molar-refractivity contribution in [2.45, 2.75) is 6.42 Å². The van der Waals surface area contributed by atoms with Crippen molar-refractivity contribution in [3.63, 3.8) is 0 Å². The number of hydrogen-bond donors (Lipinski definition) is 0. The summed E-state index contributed by atoms with van der Waals surface area (Å²) in [6.45, 7) is 3.39. The highest BCUT2D eigenvalue weighted by molar-refractivity contribution is 8.16. The lowest BCUT2D eigenvalue weighted by atomic mass is 10.4. The highest BCUT2D eigenvalue weighted by atomic mass is 35.7. The van der Waals surface area contributed by atoms with Gasteiger partial charge < -0.3 is 0 Å². The molecule has 52 valence electrons. The van der Waals surface area contributed by atoms with Gasteiger partial charge in [0.2, 0.25) is 0 Å². The van der Waals surface area contributed by atoms with Gasteiger partial charge in [-0.25, -0.2) is 8.42 Å². The predicted molar refractivity (Wildman–Crippen MR) is 38.7 cm³/mol. The molecular formula is C5H7ClO2S. The van der Waals surface area contributed by atoms with Crippen LogP contribution in [-0.4, -0.2) is 8.42 Å². The van der Waals surface area contributed by atoms with E-state index in [-0.39, 0.29) is 0 Å². The van der Waals surface area contributed by atoms with Crippen LogP contribution in [-0.2, 0) is 9.05 Å². The van der Waals surface area contributed by atoms with Gasteiger partial charge in [0.05, 0.1) is 0 Å². The molecule has 0 saturated heterocycles. The van der Waals surface area contributed by atoms with E-state index in [9.17, 15) is 8.42 Å². The molecule has 0 aromatic rings. The molecule has 0 aliphatic heterocycles. The Morgan fingerprint density at radius 2 is 2.11 bits per heavy atom. The molecule has 0 radical (unpaired) electrons. The van der Waals surface area contributed by atoms with Crippen molar-refractivity contribution in [1.29, 1.82) is 0 Å². The molecule has 0 spiro atoms. The molecule has 9 heavy (non-hydrogen) atoms. The Bertz CT molecular complexity index is 203. The summed E-state index contributed by atoms with van der Waals surface area (Å²) in [6.07, 6.45) is 3.53. The van der Waals surface area contributed by atoms with E-state index in [0.717, 1.165) is 5.41 Å². The van der Waals surface area contributed by atoms with E-state index >= 15 is 0 Å². The Morgan fingerprint density at radius 3 is 2.44 bits per heavy atom. The van der Waals surface area contributed by atoms with Gasteiger partial charge in [0.25, 0.3) is 9.05 Å². The normalized spacial score (nSPS) is 12.1. The average molecular weight is 167 g/mol. The Morgan fingerprint density at radius 1 is 1.56 bits per heavy atom. The van der Waals surface area contributed by atoms with Crippen LogP contribution < -0.4 is 0 Å². The molecule has 0 saturated carbocycles. The highest BCUT2D eigenvalue weighted by Crippen LogP contribution is 1.98. The number of allylic oxidation sites excluding steroid dienone is 2. The minimum absolute atomic E-state index is 0.520. The summed E-state index contributed by atoms with van der Waals surface area (Å²) in [5.74, 6) is 0. The fourth-order valence-electron chi connectivity index (χ4n) is 0.267. The van der Waals surface area contributed by atoms with Crippen molar-refractivity contribution in [3.05, 3.63) is 24.1 Å². The third kappa shape index (κ3) is 7.72. The van der Waals surface area contributed by atoms with Gasteiger partial charge in [0, 0.05) is 16.1 Å². The third-order valence-electron chi connectivity index (χ3n) is 0.562. The molecule has 0 aliphatic rings. The van der Waals surface area contributed by atoms with Crippen LogP contribution in [0.2, 0.25) is 0 Å². The number of halogens is 1. The van der Waals surface area contributed by atoms with Crippen molar-refractivity contribution in [1.82, 2.24) is 0 Å². The van der Waals surface area contributed by atoms with E-state index in [1.807, 2.05) is 0 Å². The van der Waals surface area contributed by atoms with Gasteiger partial charge in [-0.2, -0.15) is 0 Å². The molecule has 0 heterocycles. The maximum Gasteiger partial charge on any atom is 0.254 e. The van der Waals surface area contributed by atoms with E-state index in [4.69, 9.17) is 10.7 Å². The maximum atomic E-state index is 10.2. The molecule has 0 rings (SSSR count). The van der Waals surface area contributed by atoms with Gasteiger partial charge in [-0.15, -0.1) is 6.58 Å². The van der Waals surface area contributed by atoms with E-state index < -0.39 is 9.05 Å². The minimum Gasteiger partial charge on any atom is -0.208 e. The zero-order valence-corrected chi connectivity index (χ0v) is 6.32. The number of hydrogen-bond acceptors (Lipinski definition) is 2. The average Bonchev–Trinajstić information content (AvgIpc) is 1.63. The zero-order chi connectivity index (χ0) is 7.33. The second-order valence-corrected chi connectivity index (χ2v) is 3.89. The Hall–Kier alpha value is -0.280. The predicted octanol–water partition coefficient (Wildman–Crippen LogP) is 1.64. The lowest BCUT2D eigenvalue weighted by Gasteiger charge is -1.78. The van der Waals surface area contributed by atoms with Crippen LogP contribution in [0.3, 0.4) is 0 Å². The van der Waals surface area contributed by atoms with Crippen molar-refractivity contribution >= 4 is 19.7 Å². The smallest absolute Gasteiger partial charge is 0.208 e. The molecule has 0 unspecified atom stereocenters. The summed E-state index contributed by atoms with van der Waals surface area (Å²) in [6, 6.07) is 0. The largest absolute Gasteiger partial charge is 0.254 e. The molecular weight excluding hydrogens is 160 g/mol. The van der Waals surface area contributed by atoms with Crippen molar-refractivity contribution in [2.75, 3.05) is 0 Å². The van der Waals surface area contributed by atoms with E-state index in [2.05, 4.69) is 6.58 Å². The molecule has 4 heteroatoms. The first-order chi connectivity index (χ1) is 4.06. The standard InChI is InChI=1S/C5H7ClO2S/c1-2-3-4-5-9(6,7)8/h2,4-5H,1,3H2/b5-4+. The molecule has 0 aromatic carbocycles. The third-order valence-corrected chi connectivity index (χ3v) is 1.39. The van der Waals surface area contributed by atoms with Crippen molar-refractivity contribution in [2.24, 2.45) is 0 Å². The van der Waals surface area contributed by atoms with Crippen molar-refractivity contribution in [3.8, 4) is 0 Å². The van der Waals surface area contributed by atoms with Crippen LogP contribution in [0.5, 0.6) is 0 Å². The first-order valence-electron chi connectivity index (χ1n) is 2.28. The monoisotopic (exact) mass is 166 g/mol. The SMILES string of the molecule is C=CC/C=C/S(=O)(=O)Cl. The summed E-state index contributed by atoms with van der Waals surface area (Å²) in [4.78, 5) is 0. The fraction of sp³-hybridized carbons (Fsp3) is 0.200. The summed E-state index contributed by atoms with van der Waals surface area (Å²) >= 11 is 0. The topological polar surface area (TPSA) is 34.1 Å². The second-order valence-electron chi connectivity index (χ2n) is 1.37. The maximum absolute atomic E-state index is 10.2. The van der Waals surface area contributed by atoms with E-state index in [1.54, 1.807) is 6.08 Å². The number of rotatable bonds is 3. The van der Waals surface area contributed by atoms with Crippen molar-refractivity contribution < 1.29 is 8.42 Å². The molecule has 0 N–H and O–H groups in total. The van der Waals surface area contributed by atoms with Crippen LogP contribution in [0.25, 0.3) is 0 Å². The zero-order valence-electron chi connectivity index (χ0n) is 4.75. The molecule has 2 nitrogen and oxygen atoms in total. The lowest BCUT2D eigenvalue weighted by Crippen LogP contribution is -1.77. The lowest BCUT2D eigenvalue weighted by molar-refractivity contribution is 0.617. The molecule has 0 aliphatic carbocycles. The van der Waals surface area contributed by atoms with Gasteiger partial charge in [-0.05, 0) is 6.42 Å². The Kier molecular flexibility index (Phi) is 3.58. The van der Waals surface area contributed by atoms with Crippen LogP contribution in [0.15, 0.2) is 24.1 Å². The van der Waals surface area contributed by atoms with Crippen LogP contribution in [0.1, 0.15) is 6.42 Å². The van der Waals surface area contributed by atoms with Gasteiger partial charge in [-0.1, -0.05) is 12.2 Å². The summed E-state index contributed by atoms with van der Waals surface area (Å²) in [5, 5.41) is 0.941. The van der Waals surface area contributed by atoms with Gasteiger partial charge in [-0.3, -0.25) is 0 Å². The van der Waals surface area contributed by atoms with Crippen LogP contribution in [0.4, 0.5) is 0 Å². The molecule has 0 fully saturated rings. The molecule has 0 amide bonds. The van der Waals surface area contributed by atoms with Gasteiger partial charge in [0.1, 0.15) is 0 Å². The first-order valence-corrected chi connectivity index (χ1v) is 4.65. The first kappa shape index (κ1) is 8.72. The fourth-order valence-corrected chi connectivity index (χ4v) is 0.826. The molecule has 0 bridgehead atoms. The Balaban J connectivity index is 3.87. The van der Waals surface area contributed by atoms with Crippen LogP contribution >= 0.6 is 10.7 Å². The highest BCUT2D eigenvalue weighted by Gasteiger charge is 1.93. The Labute approximate surface area is 59.3 Å². The summed E-state index contributed by atoms with van der Waals surface area (Å²) in [7, 11) is 1.37. The second kappa shape index (κ2) is 3.69. The quantitative estimate of drug-likeness (QED) is 0.472. The van der Waals surface area contributed by atoms with Crippen LogP contribution in [0, 0.1) is 0 Å². The van der Waals surface area contributed by atoms with E-state index in [0.29, 0.717) is 6.42 Å². The summed E-state index contributed by atoms with van der Waals surface area (Å²) in [5.41, 5.74) is 0.